The predicted molar refractivity (Wildman–Crippen MR) is 76.1 cm³/mol. The van der Waals surface area contributed by atoms with E-state index in [1.807, 2.05) is 0 Å². The lowest BCUT2D eigenvalue weighted by Gasteiger charge is -2.16. The third kappa shape index (κ3) is 3.43. The standard InChI is InChI=1S/C14H19BFNO4/c16-11-5-8(7-17)4-10-6-9(2-1-3-15(20)21)13(12(10)11)14(18)19/h4-5,9,13,20-21H,1-3,6-7,17H2,(H,18,19)/t9-,13-/m0/s1. The summed E-state index contributed by atoms with van der Waals surface area (Å²) in [5, 5.41) is 27.1. The van der Waals surface area contributed by atoms with Crippen molar-refractivity contribution in [3.8, 4) is 0 Å². The first-order valence-corrected chi connectivity index (χ1v) is 7.04. The van der Waals surface area contributed by atoms with Gasteiger partial charge >= 0.3 is 13.1 Å². The summed E-state index contributed by atoms with van der Waals surface area (Å²) in [6, 6.07) is 3.07. The molecule has 21 heavy (non-hydrogen) atoms. The van der Waals surface area contributed by atoms with Gasteiger partial charge in [-0.05, 0) is 42.3 Å². The van der Waals surface area contributed by atoms with Gasteiger partial charge in [0.1, 0.15) is 5.82 Å². The van der Waals surface area contributed by atoms with Crippen LogP contribution in [0.25, 0.3) is 0 Å². The molecule has 0 amide bonds. The number of halogens is 1. The molecular weight excluding hydrogens is 276 g/mol. The molecule has 1 aliphatic rings. The zero-order chi connectivity index (χ0) is 15.6. The average Bonchev–Trinajstić information content (AvgIpc) is 2.77. The third-order valence-corrected chi connectivity index (χ3v) is 4.08. The van der Waals surface area contributed by atoms with Crippen molar-refractivity contribution < 1.29 is 24.3 Å². The summed E-state index contributed by atoms with van der Waals surface area (Å²) < 4.78 is 14.2. The van der Waals surface area contributed by atoms with Crippen LogP contribution in [0.2, 0.25) is 6.32 Å². The van der Waals surface area contributed by atoms with Gasteiger partial charge in [-0.25, -0.2) is 4.39 Å². The summed E-state index contributed by atoms with van der Waals surface area (Å²) in [5.74, 6) is -2.64. The molecule has 0 saturated carbocycles. The molecule has 1 aromatic rings. The molecule has 1 aromatic carbocycles. The Morgan fingerprint density at radius 1 is 1.43 bits per heavy atom. The van der Waals surface area contributed by atoms with E-state index in [0.717, 1.165) is 0 Å². The molecule has 0 spiro atoms. The van der Waals surface area contributed by atoms with Crippen molar-refractivity contribution in [3.05, 3.63) is 34.6 Å². The van der Waals surface area contributed by atoms with Crippen molar-refractivity contribution in [3.63, 3.8) is 0 Å². The monoisotopic (exact) mass is 295 g/mol. The molecule has 0 bridgehead atoms. The van der Waals surface area contributed by atoms with Crippen LogP contribution in [0, 0.1) is 11.7 Å². The summed E-state index contributed by atoms with van der Waals surface area (Å²) in [6.45, 7) is 0.212. The minimum atomic E-state index is -1.39. The van der Waals surface area contributed by atoms with Gasteiger partial charge in [0.2, 0.25) is 0 Å². The van der Waals surface area contributed by atoms with Crippen molar-refractivity contribution in [1.29, 1.82) is 0 Å². The number of carboxylic acid groups (broad SMARTS) is 1. The Morgan fingerprint density at radius 3 is 2.71 bits per heavy atom. The molecule has 2 atom stereocenters. The first-order valence-electron chi connectivity index (χ1n) is 7.04. The Kier molecular flexibility index (Phi) is 4.98. The highest BCUT2D eigenvalue weighted by Crippen LogP contribution is 2.42. The fourth-order valence-electron chi connectivity index (χ4n) is 3.16. The number of nitrogens with two attached hydrogens (primary N) is 1. The zero-order valence-corrected chi connectivity index (χ0v) is 11.6. The smallest absolute Gasteiger partial charge is 0.451 e. The molecule has 0 unspecified atom stereocenters. The minimum Gasteiger partial charge on any atom is -0.481 e. The lowest BCUT2D eigenvalue weighted by molar-refractivity contribution is -0.140. The van der Waals surface area contributed by atoms with E-state index in [4.69, 9.17) is 15.8 Å². The second kappa shape index (κ2) is 6.55. The Hall–Kier alpha value is -1.44. The number of hydrogen-bond acceptors (Lipinski definition) is 4. The molecule has 0 fully saturated rings. The number of aliphatic carboxylic acids is 1. The number of carbonyl (C=O) groups is 1. The number of fused-ring (bicyclic) bond motifs is 1. The number of carboxylic acids is 1. The highest BCUT2D eigenvalue weighted by atomic mass is 19.1. The number of benzene rings is 1. The van der Waals surface area contributed by atoms with Gasteiger partial charge in [0.15, 0.2) is 0 Å². The number of rotatable bonds is 6. The third-order valence-electron chi connectivity index (χ3n) is 4.08. The summed E-state index contributed by atoms with van der Waals surface area (Å²) in [5.41, 5.74) is 7.14. The molecule has 0 aromatic heterocycles. The maximum Gasteiger partial charge on any atom is 0.451 e. The van der Waals surface area contributed by atoms with Crippen molar-refractivity contribution in [2.75, 3.05) is 0 Å². The van der Waals surface area contributed by atoms with E-state index in [2.05, 4.69) is 0 Å². The van der Waals surface area contributed by atoms with E-state index in [0.29, 0.717) is 30.4 Å². The van der Waals surface area contributed by atoms with Crippen molar-refractivity contribution >= 4 is 13.1 Å². The van der Waals surface area contributed by atoms with Crippen LogP contribution in [0.4, 0.5) is 4.39 Å². The molecule has 0 aliphatic heterocycles. The predicted octanol–water partition coefficient (Wildman–Crippen LogP) is 0.878. The second-order valence-corrected chi connectivity index (χ2v) is 5.55. The van der Waals surface area contributed by atoms with Crippen molar-refractivity contribution in [2.24, 2.45) is 11.7 Å². The lowest BCUT2D eigenvalue weighted by atomic mass is 9.80. The van der Waals surface area contributed by atoms with E-state index < -0.39 is 24.8 Å². The molecule has 2 rings (SSSR count). The second-order valence-electron chi connectivity index (χ2n) is 5.55. The molecule has 0 heterocycles. The van der Waals surface area contributed by atoms with Gasteiger partial charge in [-0.1, -0.05) is 12.5 Å². The minimum absolute atomic E-state index is 0.190. The van der Waals surface area contributed by atoms with Crippen LogP contribution < -0.4 is 5.73 Å². The largest absolute Gasteiger partial charge is 0.481 e. The molecule has 0 radical (unpaired) electrons. The van der Waals surface area contributed by atoms with Gasteiger partial charge in [-0.3, -0.25) is 4.79 Å². The summed E-state index contributed by atoms with van der Waals surface area (Å²) in [7, 11) is -1.39. The van der Waals surface area contributed by atoms with Gasteiger partial charge < -0.3 is 20.9 Å². The van der Waals surface area contributed by atoms with Crippen LogP contribution in [0.3, 0.4) is 0 Å². The van der Waals surface area contributed by atoms with Gasteiger partial charge in [-0.15, -0.1) is 0 Å². The van der Waals surface area contributed by atoms with Crippen LogP contribution in [-0.2, 0) is 17.8 Å². The lowest BCUT2D eigenvalue weighted by Crippen LogP contribution is -2.19. The van der Waals surface area contributed by atoms with Crippen LogP contribution in [0.5, 0.6) is 0 Å². The zero-order valence-electron chi connectivity index (χ0n) is 11.6. The molecule has 5 nitrogen and oxygen atoms in total. The maximum absolute atomic E-state index is 14.2. The molecule has 114 valence electrons. The number of hydrogen-bond donors (Lipinski definition) is 4. The van der Waals surface area contributed by atoms with Crippen LogP contribution >= 0.6 is 0 Å². The topological polar surface area (TPSA) is 104 Å². The van der Waals surface area contributed by atoms with E-state index >= 15 is 0 Å². The highest BCUT2D eigenvalue weighted by Gasteiger charge is 2.39. The highest BCUT2D eigenvalue weighted by molar-refractivity contribution is 6.40. The van der Waals surface area contributed by atoms with Crippen LogP contribution in [-0.4, -0.2) is 28.2 Å². The summed E-state index contributed by atoms with van der Waals surface area (Å²) in [6.07, 6.45) is 1.68. The van der Waals surface area contributed by atoms with Gasteiger partial charge in [0, 0.05) is 12.1 Å². The Balaban J connectivity index is 2.23. The first kappa shape index (κ1) is 15.9. The van der Waals surface area contributed by atoms with E-state index in [-0.39, 0.29) is 24.3 Å². The molecule has 7 heteroatoms. The Bertz CT molecular complexity index is 538. The van der Waals surface area contributed by atoms with Crippen molar-refractivity contribution in [2.45, 2.75) is 38.0 Å². The van der Waals surface area contributed by atoms with Gasteiger partial charge in [0.25, 0.3) is 0 Å². The SMILES string of the molecule is NCc1cc(F)c2c(c1)C[C@H](CCCB(O)O)[C@@H]2C(=O)O. The van der Waals surface area contributed by atoms with Crippen molar-refractivity contribution in [1.82, 2.24) is 0 Å². The Morgan fingerprint density at radius 2 is 2.14 bits per heavy atom. The fourth-order valence-corrected chi connectivity index (χ4v) is 3.16. The quantitative estimate of drug-likeness (QED) is 0.583. The van der Waals surface area contributed by atoms with Crippen LogP contribution in [0.15, 0.2) is 12.1 Å². The molecular formula is C14H19BFNO4. The fraction of sp³-hybridized carbons (Fsp3) is 0.500. The molecule has 1 aliphatic carbocycles. The van der Waals surface area contributed by atoms with Crippen LogP contribution in [0.1, 0.15) is 35.4 Å². The average molecular weight is 295 g/mol. The molecule has 5 N–H and O–H groups in total. The van der Waals surface area contributed by atoms with Gasteiger partial charge in [-0.2, -0.15) is 0 Å². The van der Waals surface area contributed by atoms with E-state index in [1.165, 1.54) is 6.07 Å². The van der Waals surface area contributed by atoms with E-state index in [1.54, 1.807) is 6.07 Å². The maximum atomic E-state index is 14.2. The van der Waals surface area contributed by atoms with Gasteiger partial charge in [0.05, 0.1) is 5.92 Å². The first-order chi connectivity index (χ1) is 9.93. The Labute approximate surface area is 122 Å². The molecule has 0 saturated heterocycles. The van der Waals surface area contributed by atoms with E-state index in [9.17, 15) is 14.3 Å². The summed E-state index contributed by atoms with van der Waals surface area (Å²) in [4.78, 5) is 11.5. The normalized spacial score (nSPS) is 20.4. The summed E-state index contributed by atoms with van der Waals surface area (Å²) >= 11 is 0.